The Morgan fingerprint density at radius 2 is 1.73 bits per heavy atom. The van der Waals surface area contributed by atoms with E-state index in [-0.39, 0.29) is 0 Å². The number of anilines is 4. The van der Waals surface area contributed by atoms with E-state index in [1.54, 1.807) is 10.9 Å². The fourth-order valence-corrected chi connectivity index (χ4v) is 2.91. The van der Waals surface area contributed by atoms with Crippen LogP contribution in [0.15, 0.2) is 54.7 Å². The third-order valence-electron chi connectivity index (χ3n) is 4.26. The van der Waals surface area contributed by atoms with Crippen molar-refractivity contribution in [2.75, 3.05) is 10.6 Å². The molecule has 0 aliphatic rings. The lowest BCUT2D eigenvalue weighted by Crippen LogP contribution is -2.04. The highest BCUT2D eigenvalue weighted by atomic mass is 15.3. The minimum atomic E-state index is 0.534. The molecule has 2 aromatic heterocycles. The molecule has 0 fully saturated rings. The molecule has 0 unspecified atom stereocenters. The molecule has 4 aromatic rings. The number of para-hydroxylation sites is 1. The summed E-state index contributed by atoms with van der Waals surface area (Å²) in [5.41, 5.74) is 5.10. The summed E-state index contributed by atoms with van der Waals surface area (Å²) in [6.07, 6.45) is 1.78. The number of hydrogen-bond donors (Lipinski definition) is 2. The minimum absolute atomic E-state index is 0.534. The van der Waals surface area contributed by atoms with E-state index >= 15 is 0 Å². The molecular weight excluding hydrogens is 324 g/mol. The second-order valence-corrected chi connectivity index (χ2v) is 6.34. The second kappa shape index (κ2) is 6.48. The Balaban J connectivity index is 1.76. The second-order valence-electron chi connectivity index (χ2n) is 6.34. The molecule has 0 bridgehead atoms. The van der Waals surface area contributed by atoms with Gasteiger partial charge >= 0.3 is 0 Å². The average Bonchev–Trinajstić information content (AvgIpc) is 3.00. The zero-order valence-electron chi connectivity index (χ0n) is 15.0. The van der Waals surface area contributed by atoms with E-state index < -0.39 is 0 Å². The highest BCUT2D eigenvalue weighted by Gasteiger charge is 2.12. The standard InChI is InChI=1S/C20H20N6/c1-13-9-10-17(14(2)11-13)23-20-24-18(22-15-7-5-4-6-8-15)16-12-21-26(3)19(16)25-20/h4-12H,1-3H3,(H2,22,23,24,25). The van der Waals surface area contributed by atoms with Gasteiger partial charge in [0, 0.05) is 18.4 Å². The maximum absolute atomic E-state index is 4.68. The Kier molecular flexibility index (Phi) is 4.01. The summed E-state index contributed by atoms with van der Waals surface area (Å²) in [6, 6.07) is 16.2. The first-order chi connectivity index (χ1) is 12.6. The smallest absolute Gasteiger partial charge is 0.231 e. The number of hydrogen-bond acceptors (Lipinski definition) is 5. The van der Waals surface area contributed by atoms with Crippen LogP contribution in [0.5, 0.6) is 0 Å². The summed E-state index contributed by atoms with van der Waals surface area (Å²) in [4.78, 5) is 9.32. The molecule has 0 saturated heterocycles. The van der Waals surface area contributed by atoms with Crippen LogP contribution >= 0.6 is 0 Å². The van der Waals surface area contributed by atoms with E-state index in [0.717, 1.165) is 33.8 Å². The van der Waals surface area contributed by atoms with Gasteiger partial charge in [0.25, 0.3) is 0 Å². The van der Waals surface area contributed by atoms with Crippen LogP contribution in [-0.4, -0.2) is 19.7 Å². The van der Waals surface area contributed by atoms with Gasteiger partial charge in [-0.1, -0.05) is 35.9 Å². The van der Waals surface area contributed by atoms with Crippen LogP contribution in [0.25, 0.3) is 11.0 Å². The van der Waals surface area contributed by atoms with Gasteiger partial charge in [-0.05, 0) is 37.6 Å². The third-order valence-corrected chi connectivity index (χ3v) is 4.26. The fraction of sp³-hybridized carbons (Fsp3) is 0.150. The van der Waals surface area contributed by atoms with Crippen molar-refractivity contribution in [3.63, 3.8) is 0 Å². The van der Waals surface area contributed by atoms with E-state index in [4.69, 9.17) is 0 Å². The van der Waals surface area contributed by atoms with Crippen molar-refractivity contribution in [3.05, 3.63) is 65.9 Å². The lowest BCUT2D eigenvalue weighted by molar-refractivity contribution is 0.786. The molecule has 0 aliphatic carbocycles. The normalized spacial score (nSPS) is 10.9. The molecule has 130 valence electrons. The molecule has 2 aromatic carbocycles. The zero-order valence-corrected chi connectivity index (χ0v) is 15.0. The van der Waals surface area contributed by atoms with Crippen molar-refractivity contribution < 1.29 is 0 Å². The highest BCUT2D eigenvalue weighted by Crippen LogP contribution is 2.27. The Hall–Kier alpha value is -3.41. The van der Waals surface area contributed by atoms with Crippen molar-refractivity contribution in [1.82, 2.24) is 19.7 Å². The van der Waals surface area contributed by atoms with Gasteiger partial charge in [0.1, 0.15) is 5.82 Å². The van der Waals surface area contributed by atoms with Crippen molar-refractivity contribution in [2.45, 2.75) is 13.8 Å². The van der Waals surface area contributed by atoms with Crippen LogP contribution in [0.4, 0.5) is 23.1 Å². The number of aryl methyl sites for hydroxylation is 3. The van der Waals surface area contributed by atoms with Crippen LogP contribution in [0.2, 0.25) is 0 Å². The van der Waals surface area contributed by atoms with Crippen molar-refractivity contribution >= 4 is 34.2 Å². The summed E-state index contributed by atoms with van der Waals surface area (Å²) < 4.78 is 1.75. The van der Waals surface area contributed by atoms with E-state index in [1.807, 2.05) is 43.4 Å². The molecule has 2 N–H and O–H groups in total. The zero-order chi connectivity index (χ0) is 18.1. The highest BCUT2D eigenvalue weighted by molar-refractivity contribution is 5.89. The van der Waals surface area contributed by atoms with Crippen molar-refractivity contribution in [2.24, 2.45) is 7.05 Å². The van der Waals surface area contributed by atoms with Gasteiger partial charge in [0.05, 0.1) is 11.6 Å². The van der Waals surface area contributed by atoms with E-state index in [2.05, 4.69) is 51.7 Å². The molecule has 6 heteroatoms. The molecule has 6 nitrogen and oxygen atoms in total. The average molecular weight is 344 g/mol. The van der Waals surface area contributed by atoms with E-state index in [0.29, 0.717) is 5.95 Å². The number of rotatable bonds is 4. The molecular formula is C20H20N6. The van der Waals surface area contributed by atoms with Crippen molar-refractivity contribution in [1.29, 1.82) is 0 Å². The molecule has 4 rings (SSSR count). The minimum Gasteiger partial charge on any atom is -0.339 e. The Morgan fingerprint density at radius 3 is 2.50 bits per heavy atom. The molecule has 26 heavy (non-hydrogen) atoms. The van der Waals surface area contributed by atoms with Crippen LogP contribution in [0, 0.1) is 13.8 Å². The van der Waals surface area contributed by atoms with Gasteiger partial charge < -0.3 is 10.6 Å². The topological polar surface area (TPSA) is 67.7 Å². The number of nitrogens with zero attached hydrogens (tertiary/aromatic N) is 4. The molecule has 0 saturated carbocycles. The molecule has 0 amide bonds. The first kappa shape index (κ1) is 16.1. The predicted molar refractivity (Wildman–Crippen MR) is 105 cm³/mol. The molecule has 0 radical (unpaired) electrons. The lowest BCUT2D eigenvalue weighted by atomic mass is 10.1. The number of aromatic nitrogens is 4. The fourth-order valence-electron chi connectivity index (χ4n) is 2.91. The number of fused-ring (bicyclic) bond motifs is 1. The SMILES string of the molecule is Cc1ccc(Nc2nc(Nc3ccccc3)c3cnn(C)c3n2)c(C)c1. The maximum atomic E-state index is 4.68. The van der Waals surface area contributed by atoms with Crippen LogP contribution in [0.1, 0.15) is 11.1 Å². The molecule has 0 aliphatic heterocycles. The number of nitrogens with one attached hydrogen (secondary N) is 2. The van der Waals surface area contributed by atoms with Gasteiger partial charge in [-0.25, -0.2) is 0 Å². The Labute approximate surface area is 151 Å². The monoisotopic (exact) mass is 344 g/mol. The summed E-state index contributed by atoms with van der Waals surface area (Å²) >= 11 is 0. The van der Waals surface area contributed by atoms with Crippen LogP contribution in [-0.2, 0) is 7.05 Å². The number of benzene rings is 2. The molecule has 0 atom stereocenters. The Morgan fingerprint density at radius 1 is 0.923 bits per heavy atom. The summed E-state index contributed by atoms with van der Waals surface area (Å²) in [6.45, 7) is 4.15. The quantitative estimate of drug-likeness (QED) is 0.572. The van der Waals surface area contributed by atoms with E-state index in [9.17, 15) is 0 Å². The first-order valence-electron chi connectivity index (χ1n) is 8.46. The lowest BCUT2D eigenvalue weighted by Gasteiger charge is -2.12. The van der Waals surface area contributed by atoms with Gasteiger partial charge in [0.15, 0.2) is 5.65 Å². The van der Waals surface area contributed by atoms with Crippen LogP contribution in [0.3, 0.4) is 0 Å². The molecule has 2 heterocycles. The largest absolute Gasteiger partial charge is 0.339 e. The Bertz CT molecular complexity index is 1070. The van der Waals surface area contributed by atoms with Gasteiger partial charge in [0.2, 0.25) is 5.95 Å². The van der Waals surface area contributed by atoms with E-state index in [1.165, 1.54) is 5.56 Å². The van der Waals surface area contributed by atoms with Crippen molar-refractivity contribution in [3.8, 4) is 0 Å². The summed E-state index contributed by atoms with van der Waals surface area (Å²) in [7, 11) is 1.88. The predicted octanol–water partition coefficient (Wildman–Crippen LogP) is 4.47. The molecule has 0 spiro atoms. The first-order valence-corrected chi connectivity index (χ1v) is 8.46. The maximum Gasteiger partial charge on any atom is 0.231 e. The van der Waals surface area contributed by atoms with Crippen LogP contribution < -0.4 is 10.6 Å². The summed E-state index contributed by atoms with van der Waals surface area (Å²) in [5, 5.41) is 11.9. The van der Waals surface area contributed by atoms with Gasteiger partial charge in [-0.2, -0.15) is 15.1 Å². The van der Waals surface area contributed by atoms with Gasteiger partial charge in [-0.3, -0.25) is 4.68 Å². The van der Waals surface area contributed by atoms with Gasteiger partial charge in [-0.15, -0.1) is 0 Å². The third kappa shape index (κ3) is 3.09. The summed E-state index contributed by atoms with van der Waals surface area (Å²) in [5.74, 6) is 1.26.